The van der Waals surface area contributed by atoms with Crippen molar-refractivity contribution in [1.29, 1.82) is 0 Å². The number of carbonyl (C=O) groups excluding carboxylic acids is 2. The highest BCUT2D eigenvalue weighted by molar-refractivity contribution is 7.92. The first-order valence-electron chi connectivity index (χ1n) is 12.2. The Hall–Kier alpha value is -2.78. The summed E-state index contributed by atoms with van der Waals surface area (Å²) in [7, 11) is -4.18. The molecule has 2 amide bonds. The van der Waals surface area contributed by atoms with Gasteiger partial charge in [0.25, 0.3) is 10.0 Å². The van der Waals surface area contributed by atoms with E-state index in [1.807, 2.05) is 26.8 Å². The first-order valence-corrected chi connectivity index (χ1v) is 14.8. The minimum absolute atomic E-state index is 0.00501. The molecule has 1 N–H and O–H groups in total. The highest BCUT2D eigenvalue weighted by atomic mass is 35.5. The van der Waals surface area contributed by atoms with E-state index in [0.717, 1.165) is 9.87 Å². The lowest BCUT2D eigenvalue weighted by atomic mass is 10.1. The molecule has 3 aromatic rings. The lowest BCUT2D eigenvalue weighted by Crippen LogP contribution is -2.52. The van der Waals surface area contributed by atoms with E-state index < -0.39 is 28.5 Å². The first-order chi connectivity index (χ1) is 18.3. The quantitative estimate of drug-likeness (QED) is 0.301. The smallest absolute Gasteiger partial charge is 0.264 e. The maximum Gasteiger partial charge on any atom is 0.264 e. The molecular weight excluding hydrogens is 581 g/mol. The molecule has 0 bridgehead atoms. The van der Waals surface area contributed by atoms with Gasteiger partial charge >= 0.3 is 0 Å². The van der Waals surface area contributed by atoms with Crippen LogP contribution in [0.1, 0.15) is 31.9 Å². The van der Waals surface area contributed by atoms with E-state index in [-0.39, 0.29) is 23.4 Å². The van der Waals surface area contributed by atoms with E-state index >= 15 is 0 Å². The zero-order valence-corrected chi connectivity index (χ0v) is 25.1. The number of aryl methyl sites for hydroxylation is 1. The van der Waals surface area contributed by atoms with Crippen LogP contribution >= 0.6 is 34.8 Å². The number of sulfonamides is 1. The van der Waals surface area contributed by atoms with Gasteiger partial charge in [-0.2, -0.15) is 0 Å². The van der Waals surface area contributed by atoms with Crippen molar-refractivity contribution in [2.45, 2.75) is 51.2 Å². The number of nitrogens with one attached hydrogen (secondary N) is 1. The van der Waals surface area contributed by atoms with Crippen LogP contribution in [0.2, 0.25) is 15.1 Å². The number of halogens is 3. The fourth-order valence-electron chi connectivity index (χ4n) is 3.87. The van der Waals surface area contributed by atoms with Crippen molar-refractivity contribution >= 4 is 62.3 Å². The normalized spacial score (nSPS) is 12.2. The summed E-state index contributed by atoms with van der Waals surface area (Å²) in [5.41, 5.74) is 1.75. The van der Waals surface area contributed by atoms with Crippen LogP contribution in [0.4, 0.5) is 5.69 Å². The summed E-state index contributed by atoms with van der Waals surface area (Å²) >= 11 is 18.2. The molecule has 0 unspecified atom stereocenters. The topological polar surface area (TPSA) is 86.8 Å². The zero-order valence-electron chi connectivity index (χ0n) is 22.0. The van der Waals surface area contributed by atoms with Crippen LogP contribution in [0.5, 0.6) is 0 Å². The number of rotatable bonds is 10. The van der Waals surface area contributed by atoms with Gasteiger partial charge in [0.1, 0.15) is 12.6 Å². The Bertz CT molecular complexity index is 1450. The maximum atomic E-state index is 13.9. The van der Waals surface area contributed by atoms with E-state index in [2.05, 4.69) is 5.32 Å². The molecule has 1 atom stereocenters. The maximum absolute atomic E-state index is 13.9. The minimum atomic E-state index is -4.18. The Morgan fingerprint density at radius 2 is 1.56 bits per heavy atom. The molecule has 0 saturated heterocycles. The molecule has 0 aliphatic rings. The summed E-state index contributed by atoms with van der Waals surface area (Å²) in [6.45, 7) is 6.51. The Labute approximate surface area is 244 Å². The molecule has 0 spiro atoms. The van der Waals surface area contributed by atoms with E-state index in [1.165, 1.54) is 29.2 Å². The molecular formula is C28H30Cl3N3O4S. The number of carbonyl (C=O) groups is 2. The molecule has 0 aliphatic heterocycles. The summed E-state index contributed by atoms with van der Waals surface area (Å²) < 4.78 is 28.6. The molecule has 0 heterocycles. The number of anilines is 1. The van der Waals surface area contributed by atoms with Crippen molar-refractivity contribution < 1.29 is 18.0 Å². The zero-order chi connectivity index (χ0) is 28.9. The first kappa shape index (κ1) is 30.8. The van der Waals surface area contributed by atoms with Crippen LogP contribution in [0.25, 0.3) is 0 Å². The van der Waals surface area contributed by atoms with Gasteiger partial charge in [-0.15, -0.1) is 0 Å². The third-order valence-electron chi connectivity index (χ3n) is 5.91. The summed E-state index contributed by atoms with van der Waals surface area (Å²) in [6.07, 6.45) is 0. The van der Waals surface area contributed by atoms with Gasteiger partial charge in [-0.3, -0.25) is 13.9 Å². The van der Waals surface area contributed by atoms with Gasteiger partial charge in [-0.1, -0.05) is 53.0 Å². The van der Waals surface area contributed by atoms with Crippen LogP contribution in [-0.4, -0.2) is 43.8 Å². The second kappa shape index (κ2) is 13.0. The fourth-order valence-corrected chi connectivity index (χ4v) is 5.72. The van der Waals surface area contributed by atoms with Crippen molar-refractivity contribution in [2.24, 2.45) is 0 Å². The highest BCUT2D eigenvalue weighted by Gasteiger charge is 2.32. The number of hydrogen-bond donors (Lipinski definition) is 1. The Balaban J connectivity index is 2.04. The van der Waals surface area contributed by atoms with Crippen molar-refractivity contribution in [3.05, 3.63) is 92.9 Å². The lowest BCUT2D eigenvalue weighted by Gasteiger charge is -2.32. The molecule has 39 heavy (non-hydrogen) atoms. The van der Waals surface area contributed by atoms with Crippen LogP contribution in [-0.2, 0) is 26.2 Å². The van der Waals surface area contributed by atoms with Crippen molar-refractivity contribution in [3.8, 4) is 0 Å². The molecule has 0 aromatic heterocycles. The van der Waals surface area contributed by atoms with Crippen LogP contribution in [0, 0.1) is 6.92 Å². The number of amides is 2. The predicted octanol–water partition coefficient (Wildman–Crippen LogP) is 6.09. The minimum Gasteiger partial charge on any atom is -0.352 e. The monoisotopic (exact) mass is 609 g/mol. The second-order valence-corrected chi connectivity index (χ2v) is 12.5. The van der Waals surface area contributed by atoms with Gasteiger partial charge in [0, 0.05) is 17.6 Å². The van der Waals surface area contributed by atoms with E-state index in [4.69, 9.17) is 34.8 Å². The SMILES string of the molecule is Cc1cccc(N(CC(=O)N(Cc2ccc(Cl)c(Cl)c2)[C@@H](C)C(=O)NC(C)C)S(=O)(=O)c2ccc(Cl)cc2)c1. The number of benzene rings is 3. The van der Waals surface area contributed by atoms with E-state index in [0.29, 0.717) is 26.3 Å². The summed E-state index contributed by atoms with van der Waals surface area (Å²) in [5, 5.41) is 3.84. The third-order valence-corrected chi connectivity index (χ3v) is 8.68. The third kappa shape index (κ3) is 7.88. The van der Waals surface area contributed by atoms with Crippen LogP contribution in [0.3, 0.4) is 0 Å². The van der Waals surface area contributed by atoms with Crippen molar-refractivity contribution in [2.75, 3.05) is 10.8 Å². The number of hydrogen-bond acceptors (Lipinski definition) is 4. The van der Waals surface area contributed by atoms with Gasteiger partial charge in [0.05, 0.1) is 20.6 Å². The standard InChI is InChI=1S/C28H30Cl3N3O4S/c1-18(2)32-28(36)20(4)33(16-21-8-13-25(30)26(31)15-21)27(35)17-34(23-7-5-6-19(3)14-23)39(37,38)24-11-9-22(29)10-12-24/h5-15,18,20H,16-17H2,1-4H3,(H,32,36)/t20-/m0/s1. The Morgan fingerprint density at radius 3 is 2.15 bits per heavy atom. The van der Waals surface area contributed by atoms with Crippen LogP contribution in [0.15, 0.2) is 71.6 Å². The van der Waals surface area contributed by atoms with Gasteiger partial charge in [-0.05, 0) is 87.4 Å². The van der Waals surface area contributed by atoms with Gasteiger partial charge < -0.3 is 10.2 Å². The lowest BCUT2D eigenvalue weighted by molar-refractivity contribution is -0.139. The molecule has 0 fully saturated rings. The summed E-state index contributed by atoms with van der Waals surface area (Å²) in [5.74, 6) is -0.951. The average molecular weight is 611 g/mol. The Kier molecular flexibility index (Phi) is 10.3. The molecule has 0 saturated carbocycles. The summed E-state index contributed by atoms with van der Waals surface area (Å²) in [4.78, 5) is 28.2. The summed E-state index contributed by atoms with van der Waals surface area (Å²) in [6, 6.07) is 16.4. The molecule has 3 rings (SSSR count). The average Bonchev–Trinajstić information content (AvgIpc) is 2.87. The van der Waals surface area contributed by atoms with E-state index in [9.17, 15) is 18.0 Å². The van der Waals surface area contributed by atoms with Gasteiger partial charge in [0.15, 0.2) is 0 Å². The van der Waals surface area contributed by atoms with Gasteiger partial charge in [0.2, 0.25) is 11.8 Å². The highest BCUT2D eigenvalue weighted by Crippen LogP contribution is 2.27. The molecule has 11 heteroatoms. The largest absolute Gasteiger partial charge is 0.352 e. The van der Waals surface area contributed by atoms with Crippen molar-refractivity contribution in [1.82, 2.24) is 10.2 Å². The Morgan fingerprint density at radius 1 is 0.897 bits per heavy atom. The predicted molar refractivity (Wildman–Crippen MR) is 157 cm³/mol. The fraction of sp³-hybridized carbons (Fsp3) is 0.286. The molecule has 0 radical (unpaired) electrons. The van der Waals surface area contributed by atoms with Crippen LogP contribution < -0.4 is 9.62 Å². The molecule has 7 nitrogen and oxygen atoms in total. The van der Waals surface area contributed by atoms with Gasteiger partial charge in [-0.25, -0.2) is 8.42 Å². The van der Waals surface area contributed by atoms with E-state index in [1.54, 1.807) is 43.3 Å². The molecule has 208 valence electrons. The molecule has 0 aliphatic carbocycles. The molecule has 3 aromatic carbocycles. The second-order valence-electron chi connectivity index (χ2n) is 9.41. The van der Waals surface area contributed by atoms with Crippen molar-refractivity contribution in [3.63, 3.8) is 0 Å². The number of nitrogens with zero attached hydrogens (tertiary/aromatic N) is 2.